The quantitative estimate of drug-likeness (QED) is 0.157. The number of benzene rings is 3. The number of hydrogen-bond donors (Lipinski definition) is 1. The van der Waals surface area contributed by atoms with Crippen LogP contribution in [0.5, 0.6) is 5.75 Å². The normalized spacial score (nSPS) is 13.2. The van der Waals surface area contributed by atoms with E-state index in [1.54, 1.807) is 50.2 Å². The van der Waals surface area contributed by atoms with Gasteiger partial charge in [-0.1, -0.05) is 56.3 Å². The van der Waals surface area contributed by atoms with Gasteiger partial charge in [-0.05, 0) is 46.9 Å². The second kappa shape index (κ2) is 12.4. The number of fused-ring (bicyclic) bond motifs is 1. The lowest BCUT2D eigenvalue weighted by Gasteiger charge is -2.19. The van der Waals surface area contributed by atoms with Gasteiger partial charge in [0.15, 0.2) is 0 Å². The molecule has 0 saturated carbocycles. The molecule has 14 heteroatoms. The van der Waals surface area contributed by atoms with Crippen LogP contribution in [-0.4, -0.2) is 32.5 Å². The maximum Gasteiger partial charge on any atom is 0.433 e. The first kappa shape index (κ1) is 32.7. The summed E-state index contributed by atoms with van der Waals surface area (Å²) in [6.07, 6.45) is -9.93. The number of carbonyl (C=O) groups is 1. The number of aromatic nitrogens is 1. The van der Waals surface area contributed by atoms with Gasteiger partial charge in [0.25, 0.3) is 0 Å². The minimum absolute atomic E-state index is 0.0719. The standard InChI is InChI=1S/C30H26F6N2O5S/c1-17(2)26(28(39)42-3)38-44(40,41)21-13-11-20(12-14-21)19-9-7-18(8-10-19)16-43-24-15-25(30(34,35)36)37-27-22(24)5-4-6-23(27)29(31,32)33/h4-15,17,26,38H,16H2,1-3H3. The Labute approximate surface area is 248 Å². The van der Waals surface area contributed by atoms with E-state index >= 15 is 0 Å². The summed E-state index contributed by atoms with van der Waals surface area (Å²) in [7, 11) is -2.88. The molecule has 0 radical (unpaired) electrons. The Morgan fingerprint density at radius 1 is 0.886 bits per heavy atom. The summed E-state index contributed by atoms with van der Waals surface area (Å²) in [6.45, 7) is 3.09. The van der Waals surface area contributed by atoms with Gasteiger partial charge in [0.05, 0.1) is 23.1 Å². The molecule has 44 heavy (non-hydrogen) atoms. The fourth-order valence-electron chi connectivity index (χ4n) is 4.31. The molecule has 4 rings (SSSR count). The van der Waals surface area contributed by atoms with Crippen molar-refractivity contribution in [1.82, 2.24) is 9.71 Å². The van der Waals surface area contributed by atoms with Gasteiger partial charge in [-0.25, -0.2) is 13.4 Å². The number of methoxy groups -OCH3 is 1. The van der Waals surface area contributed by atoms with Crippen LogP contribution in [0.1, 0.15) is 30.7 Å². The van der Waals surface area contributed by atoms with Crippen molar-refractivity contribution in [3.8, 4) is 16.9 Å². The molecular weight excluding hydrogens is 614 g/mol. The van der Waals surface area contributed by atoms with Gasteiger partial charge in [-0.15, -0.1) is 0 Å². The van der Waals surface area contributed by atoms with Crippen LogP contribution in [0.4, 0.5) is 26.3 Å². The van der Waals surface area contributed by atoms with Crippen molar-refractivity contribution >= 4 is 26.9 Å². The molecule has 4 aromatic rings. The number of rotatable bonds is 9. The molecule has 1 heterocycles. The molecule has 1 N–H and O–H groups in total. The van der Waals surface area contributed by atoms with Crippen LogP contribution in [-0.2, 0) is 38.5 Å². The smallest absolute Gasteiger partial charge is 0.433 e. The Kier molecular flexibility index (Phi) is 9.26. The van der Waals surface area contributed by atoms with Gasteiger partial charge < -0.3 is 9.47 Å². The van der Waals surface area contributed by atoms with Gasteiger partial charge in [-0.2, -0.15) is 31.1 Å². The number of nitrogens with one attached hydrogen (secondary N) is 1. The lowest BCUT2D eigenvalue weighted by Crippen LogP contribution is -2.44. The zero-order valence-corrected chi connectivity index (χ0v) is 24.3. The first-order chi connectivity index (χ1) is 20.5. The lowest BCUT2D eigenvalue weighted by molar-refractivity contribution is -0.143. The molecule has 0 bridgehead atoms. The van der Waals surface area contributed by atoms with Crippen molar-refractivity contribution in [2.75, 3.05) is 7.11 Å². The molecule has 0 aliphatic carbocycles. The van der Waals surface area contributed by atoms with Crippen molar-refractivity contribution in [1.29, 1.82) is 0 Å². The molecule has 0 aliphatic rings. The molecule has 3 aromatic carbocycles. The second-order valence-electron chi connectivity index (χ2n) is 10.1. The summed E-state index contributed by atoms with van der Waals surface area (Å²) < 4.78 is 119. The third-order valence-electron chi connectivity index (χ3n) is 6.65. The fraction of sp³-hybridized carbons (Fsp3) is 0.267. The molecule has 0 amide bonds. The number of carbonyl (C=O) groups excluding carboxylic acids is 1. The predicted octanol–water partition coefficient (Wildman–Crippen LogP) is 6.99. The lowest BCUT2D eigenvalue weighted by atomic mass is 10.0. The van der Waals surface area contributed by atoms with E-state index in [9.17, 15) is 39.6 Å². The Morgan fingerprint density at radius 2 is 1.48 bits per heavy atom. The predicted molar refractivity (Wildman–Crippen MR) is 149 cm³/mol. The average molecular weight is 641 g/mol. The number of esters is 1. The van der Waals surface area contributed by atoms with E-state index in [-0.39, 0.29) is 22.8 Å². The van der Waals surface area contributed by atoms with Crippen LogP contribution in [0.15, 0.2) is 77.7 Å². The number of pyridine rings is 1. The summed E-state index contributed by atoms with van der Waals surface area (Å²) in [5.74, 6) is -1.48. The highest BCUT2D eigenvalue weighted by atomic mass is 32.2. The molecule has 1 unspecified atom stereocenters. The third kappa shape index (κ3) is 7.30. The summed E-state index contributed by atoms with van der Waals surface area (Å²) in [4.78, 5) is 15.1. The highest BCUT2D eigenvalue weighted by Gasteiger charge is 2.37. The summed E-state index contributed by atoms with van der Waals surface area (Å²) in [5.41, 5.74) is -1.88. The molecule has 1 atom stereocenters. The van der Waals surface area contributed by atoms with Crippen LogP contribution in [0, 0.1) is 5.92 Å². The maximum absolute atomic E-state index is 13.5. The van der Waals surface area contributed by atoms with Crippen LogP contribution in [0.25, 0.3) is 22.0 Å². The topological polar surface area (TPSA) is 94.6 Å². The molecule has 0 aliphatic heterocycles. The van der Waals surface area contributed by atoms with Crippen LogP contribution in [0.2, 0.25) is 0 Å². The Morgan fingerprint density at radius 3 is 2.00 bits per heavy atom. The first-order valence-electron chi connectivity index (χ1n) is 13.0. The SMILES string of the molecule is COC(=O)C(NS(=O)(=O)c1ccc(-c2ccc(COc3cc(C(F)(F)F)nc4c(C(F)(F)F)cccc34)cc2)cc1)C(C)C. The molecule has 234 valence electrons. The molecular formula is C30H26F6N2O5S. The van der Waals surface area contributed by atoms with Crippen molar-refractivity contribution in [3.05, 3.63) is 89.6 Å². The van der Waals surface area contributed by atoms with E-state index in [1.165, 1.54) is 18.2 Å². The Balaban J connectivity index is 1.53. The highest BCUT2D eigenvalue weighted by molar-refractivity contribution is 7.89. The zero-order chi connectivity index (χ0) is 32.4. The van der Waals surface area contributed by atoms with Gasteiger partial charge in [0.2, 0.25) is 10.0 Å². The second-order valence-corrected chi connectivity index (χ2v) is 11.8. The van der Waals surface area contributed by atoms with Crippen molar-refractivity contribution in [2.24, 2.45) is 5.92 Å². The monoisotopic (exact) mass is 640 g/mol. The number of nitrogens with zero attached hydrogens (tertiary/aromatic N) is 1. The van der Waals surface area contributed by atoms with E-state index < -0.39 is 56.9 Å². The number of hydrogen-bond acceptors (Lipinski definition) is 6. The average Bonchev–Trinajstić information content (AvgIpc) is 2.97. The van der Waals surface area contributed by atoms with E-state index in [0.717, 1.165) is 13.2 Å². The molecule has 1 aromatic heterocycles. The Hall–Kier alpha value is -4.17. The van der Waals surface area contributed by atoms with Crippen LogP contribution < -0.4 is 9.46 Å². The highest BCUT2D eigenvalue weighted by Crippen LogP contribution is 2.40. The third-order valence-corrected chi connectivity index (χ3v) is 8.10. The van der Waals surface area contributed by atoms with Crippen LogP contribution in [0.3, 0.4) is 0 Å². The Bertz CT molecular complexity index is 1750. The number of para-hydroxylation sites is 1. The number of ether oxygens (including phenoxy) is 2. The van der Waals surface area contributed by atoms with E-state index in [2.05, 4.69) is 14.4 Å². The molecule has 0 spiro atoms. The summed E-state index contributed by atoms with van der Waals surface area (Å²) in [5, 5.41) is -0.222. The maximum atomic E-state index is 13.5. The molecule has 7 nitrogen and oxygen atoms in total. The molecule has 0 fully saturated rings. The van der Waals surface area contributed by atoms with E-state index in [4.69, 9.17) is 4.74 Å². The first-order valence-corrected chi connectivity index (χ1v) is 14.5. The van der Waals surface area contributed by atoms with Gasteiger partial charge >= 0.3 is 18.3 Å². The van der Waals surface area contributed by atoms with Gasteiger partial charge in [-0.3, -0.25) is 4.79 Å². The minimum Gasteiger partial charge on any atom is -0.488 e. The fourth-order valence-corrected chi connectivity index (χ4v) is 5.64. The number of sulfonamides is 1. The molecule has 0 saturated heterocycles. The van der Waals surface area contributed by atoms with E-state index in [0.29, 0.717) is 28.8 Å². The summed E-state index contributed by atoms with van der Waals surface area (Å²) in [6, 6.07) is 14.8. The van der Waals surface area contributed by atoms with Crippen LogP contribution >= 0.6 is 0 Å². The van der Waals surface area contributed by atoms with Crippen molar-refractivity contribution < 1.29 is 49.0 Å². The van der Waals surface area contributed by atoms with Crippen molar-refractivity contribution in [3.63, 3.8) is 0 Å². The van der Waals surface area contributed by atoms with E-state index in [1.807, 2.05) is 0 Å². The number of alkyl halides is 6. The summed E-state index contributed by atoms with van der Waals surface area (Å²) >= 11 is 0. The number of halogens is 6. The van der Waals surface area contributed by atoms with Gasteiger partial charge in [0, 0.05) is 11.5 Å². The van der Waals surface area contributed by atoms with Gasteiger partial charge in [0.1, 0.15) is 24.1 Å². The van der Waals surface area contributed by atoms with Crippen molar-refractivity contribution in [2.45, 2.75) is 43.7 Å². The minimum atomic E-state index is -5.00. The largest absolute Gasteiger partial charge is 0.488 e. The zero-order valence-electron chi connectivity index (χ0n) is 23.5.